The summed E-state index contributed by atoms with van der Waals surface area (Å²) in [5.74, 6) is 4.44. The summed E-state index contributed by atoms with van der Waals surface area (Å²) in [7, 11) is 0. The predicted octanol–water partition coefficient (Wildman–Crippen LogP) is 3.18. The van der Waals surface area contributed by atoms with E-state index in [0.717, 1.165) is 48.8 Å². The monoisotopic (exact) mass is 385 g/mol. The average molecular weight is 386 g/mol. The summed E-state index contributed by atoms with van der Waals surface area (Å²) in [5.41, 5.74) is 1.18. The van der Waals surface area contributed by atoms with Gasteiger partial charge in [-0.2, -0.15) is 0 Å². The zero-order valence-corrected chi connectivity index (χ0v) is 15.1. The highest BCUT2D eigenvalue weighted by Crippen LogP contribution is 2.22. The van der Waals surface area contributed by atoms with Crippen molar-refractivity contribution in [1.82, 2.24) is 9.88 Å². The molecule has 1 aromatic heterocycles. The topological polar surface area (TPSA) is 28.6 Å². The van der Waals surface area contributed by atoms with Gasteiger partial charge in [0, 0.05) is 49.0 Å². The van der Waals surface area contributed by atoms with Gasteiger partial charge in [0.25, 0.3) is 0 Å². The van der Waals surface area contributed by atoms with E-state index in [1.165, 1.54) is 5.56 Å². The molecule has 1 aliphatic heterocycles. The zero-order chi connectivity index (χ0) is 16.8. The number of pyridine rings is 1. The van der Waals surface area contributed by atoms with Crippen molar-refractivity contribution in [2.24, 2.45) is 0 Å². The Morgan fingerprint density at radius 1 is 1.12 bits per heavy atom. The number of benzene rings is 1. The third kappa shape index (κ3) is 4.28. The molecule has 1 aromatic carbocycles. The van der Waals surface area contributed by atoms with Crippen molar-refractivity contribution in [2.45, 2.75) is 6.54 Å². The van der Waals surface area contributed by atoms with Gasteiger partial charge < -0.3 is 9.64 Å². The van der Waals surface area contributed by atoms with Gasteiger partial charge >= 0.3 is 0 Å². The molecule has 0 unspecified atom stereocenters. The number of halogens is 1. The lowest BCUT2D eigenvalue weighted by Crippen LogP contribution is -2.46. The number of hydrogen-bond acceptors (Lipinski definition) is 4. The third-order valence-electron chi connectivity index (χ3n) is 4.09. The van der Waals surface area contributed by atoms with Crippen molar-refractivity contribution in [3.8, 4) is 18.1 Å². The largest absolute Gasteiger partial charge is 0.481 e. The fraction of sp³-hybridized carbons (Fsp3) is 0.316. The molecule has 1 saturated heterocycles. The zero-order valence-electron chi connectivity index (χ0n) is 13.5. The molecule has 0 atom stereocenters. The standard InChI is InChI=1S/C19H20BrN3O/c1-2-13-24-18-6-4-3-5-16(18)15-22-9-11-23(12-10-22)19-8-7-17(20)14-21-19/h1,3-8,14H,9-13,15H2. The molecule has 0 radical (unpaired) electrons. The highest BCUT2D eigenvalue weighted by molar-refractivity contribution is 9.10. The lowest BCUT2D eigenvalue weighted by molar-refractivity contribution is 0.244. The molecule has 0 saturated carbocycles. The highest BCUT2D eigenvalue weighted by atomic mass is 79.9. The van der Waals surface area contributed by atoms with Gasteiger partial charge in [-0.1, -0.05) is 24.1 Å². The number of rotatable bonds is 5. The minimum atomic E-state index is 0.306. The molecule has 0 bridgehead atoms. The van der Waals surface area contributed by atoms with Crippen LogP contribution in [0.15, 0.2) is 47.1 Å². The fourth-order valence-corrected chi connectivity index (χ4v) is 3.06. The van der Waals surface area contributed by atoms with Crippen molar-refractivity contribution >= 4 is 21.7 Å². The average Bonchev–Trinajstić information content (AvgIpc) is 2.62. The van der Waals surface area contributed by atoms with E-state index in [-0.39, 0.29) is 0 Å². The van der Waals surface area contributed by atoms with Gasteiger partial charge in [0.05, 0.1) is 0 Å². The van der Waals surface area contributed by atoms with Crippen LogP contribution in [-0.2, 0) is 6.54 Å². The molecular formula is C19H20BrN3O. The summed E-state index contributed by atoms with van der Waals surface area (Å²) in [6, 6.07) is 12.2. The number of hydrogen-bond donors (Lipinski definition) is 0. The molecule has 0 N–H and O–H groups in total. The van der Waals surface area contributed by atoms with Crippen LogP contribution in [0.1, 0.15) is 5.56 Å². The summed E-state index contributed by atoms with van der Waals surface area (Å²) in [5, 5.41) is 0. The Bertz CT molecular complexity index is 703. The molecule has 0 amide bonds. The number of nitrogens with zero attached hydrogens (tertiary/aromatic N) is 3. The quantitative estimate of drug-likeness (QED) is 0.739. The molecule has 2 heterocycles. The van der Waals surface area contributed by atoms with Gasteiger partial charge in [-0.3, -0.25) is 4.90 Å². The molecule has 0 spiro atoms. The number of aromatic nitrogens is 1. The molecule has 1 aliphatic rings. The van der Waals surface area contributed by atoms with Crippen LogP contribution in [0.3, 0.4) is 0 Å². The van der Waals surface area contributed by atoms with Gasteiger partial charge in [0.2, 0.25) is 0 Å². The van der Waals surface area contributed by atoms with E-state index in [1.807, 2.05) is 30.5 Å². The molecule has 3 rings (SSSR count). The van der Waals surface area contributed by atoms with Crippen LogP contribution in [0.5, 0.6) is 5.75 Å². The first-order valence-corrected chi connectivity index (χ1v) is 8.78. The summed E-state index contributed by atoms with van der Waals surface area (Å²) < 4.78 is 6.65. The number of terminal acetylenes is 1. The van der Waals surface area contributed by atoms with Crippen molar-refractivity contribution < 1.29 is 4.74 Å². The van der Waals surface area contributed by atoms with Crippen LogP contribution in [0.2, 0.25) is 0 Å². The lowest BCUT2D eigenvalue weighted by atomic mass is 10.1. The number of anilines is 1. The lowest BCUT2D eigenvalue weighted by Gasteiger charge is -2.35. The molecule has 5 heteroatoms. The first-order chi connectivity index (χ1) is 11.8. The number of piperazine rings is 1. The third-order valence-corrected chi connectivity index (χ3v) is 4.55. The normalized spacial score (nSPS) is 15.1. The van der Waals surface area contributed by atoms with Crippen molar-refractivity contribution in [3.05, 3.63) is 52.6 Å². The minimum absolute atomic E-state index is 0.306. The van der Waals surface area contributed by atoms with Crippen LogP contribution in [0.4, 0.5) is 5.82 Å². The first kappa shape index (κ1) is 16.8. The van der Waals surface area contributed by atoms with E-state index in [9.17, 15) is 0 Å². The Kier molecular flexibility index (Phi) is 5.73. The summed E-state index contributed by atoms with van der Waals surface area (Å²) in [4.78, 5) is 9.24. The Morgan fingerprint density at radius 3 is 2.62 bits per heavy atom. The Hall–Kier alpha value is -2.03. The second-order valence-corrected chi connectivity index (χ2v) is 6.61. The van der Waals surface area contributed by atoms with E-state index >= 15 is 0 Å². The maximum atomic E-state index is 5.64. The summed E-state index contributed by atoms with van der Waals surface area (Å²) in [6.45, 7) is 5.13. The Labute approximate surface area is 151 Å². The maximum absolute atomic E-state index is 5.64. The van der Waals surface area contributed by atoms with Gasteiger partial charge in [-0.15, -0.1) is 6.42 Å². The number of para-hydroxylation sites is 1. The van der Waals surface area contributed by atoms with E-state index in [4.69, 9.17) is 11.2 Å². The molecular weight excluding hydrogens is 366 g/mol. The summed E-state index contributed by atoms with van der Waals surface area (Å²) >= 11 is 3.43. The smallest absolute Gasteiger partial charge is 0.148 e. The molecule has 24 heavy (non-hydrogen) atoms. The first-order valence-electron chi connectivity index (χ1n) is 7.99. The second-order valence-electron chi connectivity index (χ2n) is 5.70. The van der Waals surface area contributed by atoms with Crippen LogP contribution < -0.4 is 9.64 Å². The van der Waals surface area contributed by atoms with Crippen LogP contribution in [-0.4, -0.2) is 42.7 Å². The van der Waals surface area contributed by atoms with Gasteiger partial charge in [0.1, 0.15) is 18.2 Å². The van der Waals surface area contributed by atoms with Crippen molar-refractivity contribution in [3.63, 3.8) is 0 Å². The van der Waals surface area contributed by atoms with Gasteiger partial charge in [-0.05, 0) is 34.1 Å². The highest BCUT2D eigenvalue weighted by Gasteiger charge is 2.19. The second kappa shape index (κ2) is 8.18. The SMILES string of the molecule is C#CCOc1ccccc1CN1CCN(c2ccc(Br)cn2)CC1. The van der Waals surface area contributed by atoms with Crippen LogP contribution in [0.25, 0.3) is 0 Å². The van der Waals surface area contributed by atoms with Crippen molar-refractivity contribution in [2.75, 3.05) is 37.7 Å². The Balaban J connectivity index is 1.58. The van der Waals surface area contributed by atoms with Gasteiger partial charge in [-0.25, -0.2) is 4.98 Å². The van der Waals surface area contributed by atoms with E-state index in [2.05, 4.69) is 48.8 Å². The molecule has 124 valence electrons. The molecule has 1 fully saturated rings. The minimum Gasteiger partial charge on any atom is -0.481 e. The molecule has 4 nitrogen and oxygen atoms in total. The summed E-state index contributed by atoms with van der Waals surface area (Å²) in [6.07, 6.45) is 7.14. The van der Waals surface area contributed by atoms with Crippen LogP contribution in [0, 0.1) is 12.3 Å². The van der Waals surface area contributed by atoms with Gasteiger partial charge in [0.15, 0.2) is 0 Å². The van der Waals surface area contributed by atoms with E-state index in [1.54, 1.807) is 0 Å². The number of ether oxygens (including phenoxy) is 1. The van der Waals surface area contributed by atoms with E-state index in [0.29, 0.717) is 6.61 Å². The van der Waals surface area contributed by atoms with E-state index < -0.39 is 0 Å². The molecule has 2 aromatic rings. The Morgan fingerprint density at radius 2 is 1.92 bits per heavy atom. The predicted molar refractivity (Wildman–Crippen MR) is 100 cm³/mol. The van der Waals surface area contributed by atoms with Crippen LogP contribution >= 0.6 is 15.9 Å². The molecule has 0 aliphatic carbocycles. The maximum Gasteiger partial charge on any atom is 0.148 e. The fourth-order valence-electron chi connectivity index (χ4n) is 2.83. The van der Waals surface area contributed by atoms with Crippen molar-refractivity contribution in [1.29, 1.82) is 0 Å².